The number of nitrogens with one attached hydrogen (secondary N) is 1. The predicted molar refractivity (Wildman–Crippen MR) is 79.9 cm³/mol. The second-order valence-corrected chi connectivity index (χ2v) is 5.19. The van der Waals surface area contributed by atoms with Crippen molar-refractivity contribution in [3.8, 4) is 0 Å². The molecule has 104 valence electrons. The Bertz CT molecular complexity index is 304. The third-order valence-electron chi connectivity index (χ3n) is 3.41. The Kier molecular flexibility index (Phi) is 7.83. The lowest BCUT2D eigenvalue weighted by atomic mass is 10.1. The maximum Gasteiger partial charge on any atom is 0.0335 e. The number of aryl methyl sites for hydroxylation is 1. The average Bonchev–Trinajstić information content (AvgIpc) is 2.83. The van der Waals surface area contributed by atoms with Gasteiger partial charge in [-0.15, -0.1) is 0 Å². The van der Waals surface area contributed by atoms with Crippen LogP contribution in [0.4, 0.5) is 0 Å². The minimum atomic E-state index is 0.544. The van der Waals surface area contributed by atoms with Crippen LogP contribution in [0.15, 0.2) is 18.5 Å². The Balaban J connectivity index is 2.50. The van der Waals surface area contributed by atoms with Crippen LogP contribution in [0.2, 0.25) is 0 Å². The van der Waals surface area contributed by atoms with Crippen LogP contribution in [0.1, 0.15) is 70.9 Å². The molecule has 2 nitrogen and oxygen atoms in total. The molecule has 1 N–H and O–H groups in total. The number of hydrogen-bond acceptors (Lipinski definition) is 1. The maximum atomic E-state index is 3.65. The zero-order valence-corrected chi connectivity index (χ0v) is 12.4. The van der Waals surface area contributed by atoms with Crippen LogP contribution in [0.25, 0.3) is 0 Å². The van der Waals surface area contributed by atoms with Crippen molar-refractivity contribution in [1.29, 1.82) is 0 Å². The molecule has 1 atom stereocenters. The zero-order valence-electron chi connectivity index (χ0n) is 12.4. The Hall–Kier alpha value is -0.760. The monoisotopic (exact) mass is 250 g/mol. The molecule has 0 saturated heterocycles. The largest absolute Gasteiger partial charge is 0.354 e. The van der Waals surface area contributed by atoms with Crippen LogP contribution in [0.5, 0.6) is 0 Å². The molecule has 0 aromatic carbocycles. The minimum Gasteiger partial charge on any atom is -0.354 e. The van der Waals surface area contributed by atoms with E-state index < -0.39 is 0 Å². The highest BCUT2D eigenvalue weighted by Crippen LogP contribution is 2.19. The van der Waals surface area contributed by atoms with E-state index in [4.69, 9.17) is 0 Å². The van der Waals surface area contributed by atoms with E-state index in [2.05, 4.69) is 49.1 Å². The van der Waals surface area contributed by atoms with Gasteiger partial charge in [0.2, 0.25) is 0 Å². The summed E-state index contributed by atoms with van der Waals surface area (Å²) < 4.78 is 2.35. The number of hydrogen-bond donors (Lipinski definition) is 1. The molecule has 1 unspecified atom stereocenters. The number of aromatic nitrogens is 1. The van der Waals surface area contributed by atoms with Crippen molar-refractivity contribution in [2.45, 2.75) is 71.9 Å². The zero-order chi connectivity index (χ0) is 13.2. The van der Waals surface area contributed by atoms with Crippen LogP contribution >= 0.6 is 0 Å². The summed E-state index contributed by atoms with van der Waals surface area (Å²) in [6.45, 7) is 9.03. The molecule has 18 heavy (non-hydrogen) atoms. The molecule has 0 bridgehead atoms. The van der Waals surface area contributed by atoms with Crippen molar-refractivity contribution in [3.63, 3.8) is 0 Å². The molecule has 1 heterocycles. The average molecular weight is 250 g/mol. The molecule has 1 aromatic heterocycles. The summed E-state index contributed by atoms with van der Waals surface area (Å²) in [5.74, 6) is 0. The van der Waals surface area contributed by atoms with E-state index in [1.165, 1.54) is 50.6 Å². The van der Waals surface area contributed by atoms with Crippen molar-refractivity contribution in [2.24, 2.45) is 0 Å². The minimum absolute atomic E-state index is 0.544. The van der Waals surface area contributed by atoms with Crippen molar-refractivity contribution >= 4 is 0 Å². The van der Waals surface area contributed by atoms with E-state index >= 15 is 0 Å². The standard InChI is InChI=1S/C16H30N2/c1-4-7-8-12-18-13-10-15(14-18)16(9-5-2)17-11-6-3/h10,13-14,16-17H,4-9,11-12H2,1-3H3. The summed E-state index contributed by atoms with van der Waals surface area (Å²) in [7, 11) is 0. The van der Waals surface area contributed by atoms with Gasteiger partial charge in [-0.3, -0.25) is 0 Å². The molecule has 0 aliphatic rings. The van der Waals surface area contributed by atoms with Crippen LogP contribution in [-0.2, 0) is 6.54 Å². The van der Waals surface area contributed by atoms with Crippen molar-refractivity contribution in [3.05, 3.63) is 24.0 Å². The van der Waals surface area contributed by atoms with E-state index in [1.807, 2.05) is 0 Å². The van der Waals surface area contributed by atoms with Gasteiger partial charge in [0.15, 0.2) is 0 Å². The van der Waals surface area contributed by atoms with Gasteiger partial charge in [0, 0.05) is 25.0 Å². The highest BCUT2D eigenvalue weighted by Gasteiger charge is 2.10. The third-order valence-corrected chi connectivity index (χ3v) is 3.41. The topological polar surface area (TPSA) is 17.0 Å². The third kappa shape index (κ3) is 5.26. The van der Waals surface area contributed by atoms with E-state index in [1.54, 1.807) is 0 Å². The summed E-state index contributed by atoms with van der Waals surface area (Å²) in [5, 5.41) is 3.65. The van der Waals surface area contributed by atoms with E-state index in [-0.39, 0.29) is 0 Å². The molecule has 1 rings (SSSR count). The molecule has 2 heteroatoms. The molecule has 0 saturated carbocycles. The fourth-order valence-corrected chi connectivity index (χ4v) is 2.34. The van der Waals surface area contributed by atoms with Crippen molar-refractivity contribution in [1.82, 2.24) is 9.88 Å². The van der Waals surface area contributed by atoms with Crippen LogP contribution in [0.3, 0.4) is 0 Å². The fourth-order valence-electron chi connectivity index (χ4n) is 2.34. The number of unbranched alkanes of at least 4 members (excludes halogenated alkanes) is 2. The van der Waals surface area contributed by atoms with Gasteiger partial charge in [0.05, 0.1) is 0 Å². The van der Waals surface area contributed by atoms with Crippen molar-refractivity contribution < 1.29 is 0 Å². The van der Waals surface area contributed by atoms with Crippen LogP contribution in [-0.4, -0.2) is 11.1 Å². The second kappa shape index (κ2) is 9.21. The van der Waals surface area contributed by atoms with Crippen LogP contribution < -0.4 is 5.32 Å². The van der Waals surface area contributed by atoms with Gasteiger partial charge < -0.3 is 9.88 Å². The molecule has 0 fully saturated rings. The molecular formula is C16H30N2. The summed E-state index contributed by atoms with van der Waals surface area (Å²) in [6.07, 6.45) is 12.2. The molecule has 0 amide bonds. The Morgan fingerprint density at radius 3 is 2.61 bits per heavy atom. The normalized spacial score (nSPS) is 12.8. The van der Waals surface area contributed by atoms with E-state index in [0.29, 0.717) is 6.04 Å². The Morgan fingerprint density at radius 2 is 1.94 bits per heavy atom. The fraction of sp³-hybridized carbons (Fsp3) is 0.750. The summed E-state index contributed by atoms with van der Waals surface area (Å²) in [5.41, 5.74) is 1.46. The molecular weight excluding hydrogens is 220 g/mol. The summed E-state index contributed by atoms with van der Waals surface area (Å²) >= 11 is 0. The summed E-state index contributed by atoms with van der Waals surface area (Å²) in [4.78, 5) is 0. The lowest BCUT2D eigenvalue weighted by Crippen LogP contribution is -2.21. The molecule has 0 aliphatic heterocycles. The quantitative estimate of drug-likeness (QED) is 0.604. The number of nitrogens with zero attached hydrogens (tertiary/aromatic N) is 1. The smallest absolute Gasteiger partial charge is 0.0335 e. The first-order valence-corrected chi connectivity index (χ1v) is 7.70. The Labute approximate surface area is 113 Å². The Morgan fingerprint density at radius 1 is 1.11 bits per heavy atom. The maximum absolute atomic E-state index is 3.65. The van der Waals surface area contributed by atoms with E-state index in [0.717, 1.165) is 6.54 Å². The molecule has 0 spiro atoms. The lowest BCUT2D eigenvalue weighted by Gasteiger charge is -2.16. The van der Waals surface area contributed by atoms with Crippen LogP contribution in [0, 0.1) is 0 Å². The van der Waals surface area contributed by atoms with Gasteiger partial charge >= 0.3 is 0 Å². The number of rotatable bonds is 10. The van der Waals surface area contributed by atoms with E-state index in [9.17, 15) is 0 Å². The second-order valence-electron chi connectivity index (χ2n) is 5.19. The molecule has 0 radical (unpaired) electrons. The lowest BCUT2D eigenvalue weighted by molar-refractivity contribution is 0.492. The van der Waals surface area contributed by atoms with Gasteiger partial charge in [-0.2, -0.15) is 0 Å². The summed E-state index contributed by atoms with van der Waals surface area (Å²) in [6, 6.07) is 2.83. The first-order chi connectivity index (χ1) is 8.81. The van der Waals surface area contributed by atoms with Gasteiger partial charge in [0.25, 0.3) is 0 Å². The predicted octanol–water partition coefficient (Wildman–Crippen LogP) is 4.52. The SMILES string of the molecule is CCCCCn1ccc(C(CCC)NCCC)c1. The molecule has 1 aromatic rings. The van der Waals surface area contributed by atoms with Gasteiger partial charge in [-0.25, -0.2) is 0 Å². The van der Waals surface area contributed by atoms with Crippen molar-refractivity contribution in [2.75, 3.05) is 6.54 Å². The highest BCUT2D eigenvalue weighted by molar-refractivity contribution is 5.15. The first kappa shape index (κ1) is 15.3. The van der Waals surface area contributed by atoms with Gasteiger partial charge in [-0.05, 0) is 37.4 Å². The first-order valence-electron chi connectivity index (χ1n) is 7.70. The van der Waals surface area contributed by atoms with Gasteiger partial charge in [0.1, 0.15) is 0 Å². The highest BCUT2D eigenvalue weighted by atomic mass is 15.0. The molecule has 0 aliphatic carbocycles. The van der Waals surface area contributed by atoms with Gasteiger partial charge in [-0.1, -0.05) is 40.0 Å².